The average molecular weight is 488 g/mol. The number of sulfonamides is 1. The Morgan fingerprint density at radius 2 is 1.85 bits per heavy atom. The lowest BCUT2D eigenvalue weighted by molar-refractivity contribution is -0.139. The molecule has 0 saturated carbocycles. The van der Waals surface area contributed by atoms with E-state index in [0.29, 0.717) is 11.3 Å². The Bertz CT molecular complexity index is 1300. The zero-order valence-corrected chi connectivity index (χ0v) is 19.4. The molecule has 0 aliphatic rings. The van der Waals surface area contributed by atoms with Gasteiger partial charge in [0.2, 0.25) is 0 Å². The lowest BCUT2D eigenvalue weighted by Crippen LogP contribution is -2.21. The first-order valence-corrected chi connectivity index (χ1v) is 12.0. The van der Waals surface area contributed by atoms with Crippen molar-refractivity contribution in [2.24, 2.45) is 5.10 Å². The lowest BCUT2D eigenvalue weighted by atomic mass is 10.1. The van der Waals surface area contributed by atoms with Crippen molar-refractivity contribution in [3.05, 3.63) is 76.2 Å². The molecule has 1 amide bonds. The Morgan fingerprint density at radius 1 is 1.12 bits per heavy atom. The van der Waals surface area contributed by atoms with E-state index < -0.39 is 28.5 Å². The number of aliphatic carboxylic acids is 1. The van der Waals surface area contributed by atoms with Crippen LogP contribution in [-0.4, -0.2) is 38.2 Å². The predicted molar refractivity (Wildman–Crippen MR) is 126 cm³/mol. The Morgan fingerprint density at radius 3 is 2.55 bits per heavy atom. The van der Waals surface area contributed by atoms with Crippen LogP contribution < -0.4 is 14.9 Å². The number of nitrogens with zero attached hydrogens (tertiary/aromatic N) is 1. The van der Waals surface area contributed by atoms with Crippen LogP contribution in [0.2, 0.25) is 0 Å². The van der Waals surface area contributed by atoms with Crippen LogP contribution in [0.15, 0.2) is 63.2 Å². The minimum atomic E-state index is -3.84. The molecule has 3 rings (SSSR count). The first-order valence-electron chi connectivity index (χ1n) is 9.61. The molecule has 3 aromatic rings. The van der Waals surface area contributed by atoms with E-state index in [1.54, 1.807) is 48.7 Å². The second kappa shape index (κ2) is 10.3. The molecule has 0 spiro atoms. The number of carboxylic acid groups (broad SMARTS) is 1. The van der Waals surface area contributed by atoms with Gasteiger partial charge in [0.15, 0.2) is 6.61 Å². The molecule has 2 aromatic carbocycles. The fourth-order valence-corrected chi connectivity index (χ4v) is 4.88. The third-order valence-electron chi connectivity index (χ3n) is 4.31. The van der Waals surface area contributed by atoms with Gasteiger partial charge in [0.05, 0.1) is 17.5 Å². The summed E-state index contributed by atoms with van der Waals surface area (Å²) in [7, 11) is -3.84. The fraction of sp³-hybridized carbons (Fsp3) is 0.136. The molecule has 0 unspecified atom stereocenters. The van der Waals surface area contributed by atoms with Gasteiger partial charge in [-0.05, 0) is 49.6 Å². The van der Waals surface area contributed by atoms with E-state index in [0.717, 1.165) is 22.5 Å². The van der Waals surface area contributed by atoms with Gasteiger partial charge in [0.1, 0.15) is 9.96 Å². The van der Waals surface area contributed by atoms with E-state index in [9.17, 15) is 18.0 Å². The number of anilines is 1. The number of amides is 1. The van der Waals surface area contributed by atoms with Crippen LogP contribution in [-0.2, 0) is 14.8 Å². The zero-order valence-electron chi connectivity index (χ0n) is 17.7. The standard InChI is InChI=1S/C22H21N3O6S2/c1-14-6-8-19(31-13-20(26)27)16(10-14)12-23-24-22(28)17-11-15(2)5-7-18(17)25-33(29,30)21-4-3-9-32-21/h3-12,25H,13H2,1-2H3,(H,24,28)(H,26,27). The van der Waals surface area contributed by atoms with Crippen LogP contribution >= 0.6 is 11.3 Å². The summed E-state index contributed by atoms with van der Waals surface area (Å²) in [5.41, 5.74) is 4.69. The maximum absolute atomic E-state index is 12.8. The number of carbonyl (C=O) groups is 2. The van der Waals surface area contributed by atoms with Gasteiger partial charge >= 0.3 is 5.97 Å². The van der Waals surface area contributed by atoms with Gasteiger partial charge in [-0.2, -0.15) is 5.10 Å². The second-order valence-electron chi connectivity index (χ2n) is 7.01. The van der Waals surface area contributed by atoms with Gasteiger partial charge in [-0.25, -0.2) is 18.6 Å². The SMILES string of the molecule is Cc1ccc(OCC(=O)O)c(C=NNC(=O)c2cc(C)ccc2NS(=O)(=O)c2cccs2)c1. The molecule has 0 aliphatic heterocycles. The fourth-order valence-electron chi connectivity index (χ4n) is 2.81. The van der Waals surface area contributed by atoms with Gasteiger partial charge in [0.25, 0.3) is 15.9 Å². The average Bonchev–Trinajstić information content (AvgIpc) is 3.30. The largest absolute Gasteiger partial charge is 0.481 e. The number of thiophene rings is 1. The maximum atomic E-state index is 12.8. The second-order valence-corrected chi connectivity index (χ2v) is 9.87. The summed E-state index contributed by atoms with van der Waals surface area (Å²) in [5.74, 6) is -1.45. The normalized spacial score (nSPS) is 11.3. The number of hydrogen-bond donors (Lipinski definition) is 3. The first-order chi connectivity index (χ1) is 15.7. The van der Waals surface area contributed by atoms with Crippen molar-refractivity contribution in [3.63, 3.8) is 0 Å². The number of hydrogen-bond acceptors (Lipinski definition) is 7. The Balaban J connectivity index is 1.80. The molecule has 0 aliphatic carbocycles. The van der Waals surface area contributed by atoms with Crippen molar-refractivity contribution < 1.29 is 27.9 Å². The Hall–Kier alpha value is -3.70. The molecule has 33 heavy (non-hydrogen) atoms. The number of carbonyl (C=O) groups excluding carboxylic acids is 1. The number of rotatable bonds is 9. The van der Waals surface area contributed by atoms with E-state index in [4.69, 9.17) is 9.84 Å². The van der Waals surface area contributed by atoms with Gasteiger partial charge < -0.3 is 9.84 Å². The van der Waals surface area contributed by atoms with Crippen molar-refractivity contribution in [2.45, 2.75) is 18.1 Å². The summed E-state index contributed by atoms with van der Waals surface area (Å²) < 4.78 is 33.0. The van der Waals surface area contributed by atoms with E-state index in [1.807, 2.05) is 6.92 Å². The summed E-state index contributed by atoms with van der Waals surface area (Å²) in [6.07, 6.45) is 1.33. The highest BCUT2D eigenvalue weighted by Gasteiger charge is 2.19. The Labute approximate surface area is 194 Å². The van der Waals surface area contributed by atoms with Crippen LogP contribution in [0.4, 0.5) is 5.69 Å². The van der Waals surface area contributed by atoms with Crippen molar-refractivity contribution in [3.8, 4) is 5.75 Å². The lowest BCUT2D eigenvalue weighted by Gasteiger charge is -2.12. The molecule has 1 aromatic heterocycles. The van der Waals surface area contributed by atoms with Crippen LogP contribution in [0.1, 0.15) is 27.0 Å². The molecule has 0 bridgehead atoms. The van der Waals surface area contributed by atoms with Crippen LogP contribution in [0.5, 0.6) is 5.75 Å². The molecule has 9 nitrogen and oxygen atoms in total. The van der Waals surface area contributed by atoms with Crippen LogP contribution in [0, 0.1) is 13.8 Å². The molecule has 172 valence electrons. The Kier molecular flexibility index (Phi) is 7.46. The van der Waals surface area contributed by atoms with E-state index in [1.165, 1.54) is 18.3 Å². The highest BCUT2D eigenvalue weighted by Crippen LogP contribution is 2.24. The van der Waals surface area contributed by atoms with Crippen LogP contribution in [0.3, 0.4) is 0 Å². The van der Waals surface area contributed by atoms with Crippen molar-refractivity contribution in [1.29, 1.82) is 0 Å². The van der Waals surface area contributed by atoms with E-state index in [2.05, 4.69) is 15.2 Å². The summed E-state index contributed by atoms with van der Waals surface area (Å²) in [5, 5.41) is 14.4. The number of ether oxygens (including phenoxy) is 1. The molecule has 1 heterocycles. The predicted octanol–water partition coefficient (Wildman–Crippen LogP) is 3.39. The molecular formula is C22H21N3O6S2. The molecule has 0 fully saturated rings. The maximum Gasteiger partial charge on any atom is 0.341 e. The minimum absolute atomic E-state index is 0.0962. The minimum Gasteiger partial charge on any atom is -0.481 e. The third kappa shape index (κ3) is 6.40. The number of nitrogens with one attached hydrogen (secondary N) is 2. The topological polar surface area (TPSA) is 134 Å². The number of carboxylic acids is 1. The molecule has 0 atom stereocenters. The summed E-state index contributed by atoms with van der Waals surface area (Å²) >= 11 is 1.06. The van der Waals surface area contributed by atoms with Gasteiger partial charge in [-0.3, -0.25) is 9.52 Å². The molecule has 3 N–H and O–H groups in total. The van der Waals surface area contributed by atoms with Crippen LogP contribution in [0.25, 0.3) is 0 Å². The van der Waals surface area contributed by atoms with Crippen molar-refractivity contribution in [1.82, 2.24) is 5.43 Å². The number of hydrazone groups is 1. The number of benzene rings is 2. The molecule has 0 radical (unpaired) electrons. The quantitative estimate of drug-likeness (QED) is 0.313. The van der Waals surface area contributed by atoms with Gasteiger partial charge in [-0.15, -0.1) is 11.3 Å². The van der Waals surface area contributed by atoms with E-state index in [-0.39, 0.29) is 15.5 Å². The van der Waals surface area contributed by atoms with Crippen molar-refractivity contribution in [2.75, 3.05) is 11.3 Å². The molecule has 0 saturated heterocycles. The van der Waals surface area contributed by atoms with E-state index >= 15 is 0 Å². The first kappa shape index (κ1) is 24.0. The highest BCUT2D eigenvalue weighted by molar-refractivity contribution is 7.94. The summed E-state index contributed by atoms with van der Waals surface area (Å²) in [4.78, 5) is 23.6. The zero-order chi connectivity index (χ0) is 24.0. The summed E-state index contributed by atoms with van der Waals surface area (Å²) in [6, 6.07) is 12.9. The highest BCUT2D eigenvalue weighted by atomic mass is 32.2. The summed E-state index contributed by atoms with van der Waals surface area (Å²) in [6.45, 7) is 3.10. The van der Waals surface area contributed by atoms with Gasteiger partial charge in [0, 0.05) is 5.56 Å². The van der Waals surface area contributed by atoms with Gasteiger partial charge in [-0.1, -0.05) is 29.3 Å². The van der Waals surface area contributed by atoms with Crippen molar-refractivity contribution >= 4 is 45.1 Å². The monoisotopic (exact) mass is 487 g/mol. The number of aryl methyl sites for hydroxylation is 2. The molecular weight excluding hydrogens is 466 g/mol. The third-order valence-corrected chi connectivity index (χ3v) is 7.07. The molecule has 11 heteroatoms. The smallest absolute Gasteiger partial charge is 0.341 e.